The number of aromatic amines is 1. The summed E-state index contributed by atoms with van der Waals surface area (Å²) >= 11 is 0. The molecule has 9 nitrogen and oxygen atoms in total. The molecule has 0 amide bonds. The predicted molar refractivity (Wildman–Crippen MR) is 145 cm³/mol. The van der Waals surface area contributed by atoms with E-state index in [0.29, 0.717) is 39.2 Å². The third-order valence-electron chi connectivity index (χ3n) is 6.04. The Hall–Kier alpha value is -4.57. The molecular weight excluding hydrogens is 502 g/mol. The predicted octanol–water partition coefficient (Wildman–Crippen LogP) is 5.23. The van der Waals surface area contributed by atoms with Crippen molar-refractivity contribution >= 4 is 32.7 Å². The molecule has 0 aliphatic rings. The Bertz CT molecular complexity index is 1700. The molecule has 2 N–H and O–H groups in total. The Morgan fingerprint density at radius 2 is 1.74 bits per heavy atom. The molecular formula is C28H25N5O4S. The second-order valence-electron chi connectivity index (χ2n) is 8.49. The summed E-state index contributed by atoms with van der Waals surface area (Å²) in [7, 11) is -3.81. The largest absolute Gasteiger partial charge is 0.462 e. The summed E-state index contributed by atoms with van der Waals surface area (Å²) in [6.07, 6.45) is 3.91. The minimum atomic E-state index is -3.81. The van der Waals surface area contributed by atoms with Crippen LogP contribution in [0.3, 0.4) is 0 Å². The molecule has 0 atom stereocenters. The van der Waals surface area contributed by atoms with Crippen molar-refractivity contribution in [1.29, 1.82) is 0 Å². The minimum absolute atomic E-state index is 0.0781. The highest BCUT2D eigenvalue weighted by Crippen LogP contribution is 2.32. The monoisotopic (exact) mass is 527 g/mol. The van der Waals surface area contributed by atoms with Crippen LogP contribution in [0.25, 0.3) is 33.5 Å². The van der Waals surface area contributed by atoms with E-state index in [4.69, 9.17) is 4.74 Å². The second-order valence-corrected chi connectivity index (χ2v) is 10.2. The zero-order chi connectivity index (χ0) is 26.7. The zero-order valence-electron chi connectivity index (χ0n) is 20.8. The maximum absolute atomic E-state index is 13.0. The number of aromatic nitrogens is 4. The van der Waals surface area contributed by atoms with Crippen molar-refractivity contribution < 1.29 is 17.9 Å². The van der Waals surface area contributed by atoms with E-state index in [1.165, 1.54) is 23.9 Å². The first-order chi connectivity index (χ1) is 18.4. The number of anilines is 1. The maximum Gasteiger partial charge on any atom is 0.339 e. The molecule has 10 heteroatoms. The lowest BCUT2D eigenvalue weighted by molar-refractivity contribution is 0.0528. The molecule has 0 unspecified atom stereocenters. The molecule has 38 heavy (non-hydrogen) atoms. The van der Waals surface area contributed by atoms with Crippen LogP contribution in [0.2, 0.25) is 0 Å². The van der Waals surface area contributed by atoms with Gasteiger partial charge in [0.1, 0.15) is 0 Å². The van der Waals surface area contributed by atoms with Gasteiger partial charge in [-0.15, -0.1) is 0 Å². The SMILES string of the molecule is CCOC(=O)c1cc(-c2ccc(S(=O)(=O)Nc3cccnc3)cc2)nc2n[nH]c(-c3ccc(CC)cc3)c12. The molecule has 192 valence electrons. The minimum Gasteiger partial charge on any atom is -0.462 e. The Kier molecular flexibility index (Phi) is 6.89. The normalized spacial score (nSPS) is 11.4. The Labute approximate surface area is 220 Å². The third-order valence-corrected chi connectivity index (χ3v) is 7.44. The van der Waals surface area contributed by atoms with Crippen LogP contribution in [0.5, 0.6) is 0 Å². The quantitative estimate of drug-likeness (QED) is 0.265. The van der Waals surface area contributed by atoms with Gasteiger partial charge in [-0.1, -0.05) is 43.3 Å². The van der Waals surface area contributed by atoms with Gasteiger partial charge in [0.25, 0.3) is 10.0 Å². The Morgan fingerprint density at radius 1 is 1.00 bits per heavy atom. The van der Waals surface area contributed by atoms with Crippen LogP contribution in [0.4, 0.5) is 5.69 Å². The van der Waals surface area contributed by atoms with Gasteiger partial charge in [0.2, 0.25) is 0 Å². The van der Waals surface area contributed by atoms with E-state index >= 15 is 0 Å². The van der Waals surface area contributed by atoms with Crippen LogP contribution in [-0.4, -0.2) is 41.2 Å². The lowest BCUT2D eigenvalue weighted by atomic mass is 10.0. The number of carbonyl (C=O) groups excluding carboxylic acids is 1. The van der Waals surface area contributed by atoms with Crippen molar-refractivity contribution in [3.8, 4) is 22.5 Å². The van der Waals surface area contributed by atoms with E-state index in [9.17, 15) is 13.2 Å². The van der Waals surface area contributed by atoms with Crippen molar-refractivity contribution in [2.75, 3.05) is 11.3 Å². The average molecular weight is 528 g/mol. The number of sulfonamides is 1. The van der Waals surface area contributed by atoms with E-state index in [-0.39, 0.29) is 11.5 Å². The zero-order valence-corrected chi connectivity index (χ0v) is 21.6. The third kappa shape index (κ3) is 4.98. The van der Waals surface area contributed by atoms with Crippen LogP contribution in [0.1, 0.15) is 29.8 Å². The summed E-state index contributed by atoms with van der Waals surface area (Å²) < 4.78 is 33.4. The van der Waals surface area contributed by atoms with Gasteiger partial charge in [0.05, 0.1) is 45.7 Å². The number of nitrogens with zero attached hydrogens (tertiary/aromatic N) is 3. The lowest BCUT2D eigenvalue weighted by Gasteiger charge is -2.10. The number of hydrogen-bond acceptors (Lipinski definition) is 7. The van der Waals surface area contributed by atoms with Gasteiger partial charge in [0.15, 0.2) is 5.65 Å². The molecule has 0 saturated heterocycles. The summed E-state index contributed by atoms with van der Waals surface area (Å²) in [4.78, 5) is 21.7. The van der Waals surface area contributed by atoms with Crippen LogP contribution in [0.15, 0.2) is 84.0 Å². The number of esters is 1. The van der Waals surface area contributed by atoms with E-state index < -0.39 is 16.0 Å². The van der Waals surface area contributed by atoms with Crippen molar-refractivity contribution in [3.05, 3.63) is 90.3 Å². The van der Waals surface area contributed by atoms with Gasteiger partial charge in [-0.3, -0.25) is 14.8 Å². The van der Waals surface area contributed by atoms with Crippen LogP contribution >= 0.6 is 0 Å². The van der Waals surface area contributed by atoms with Crippen molar-refractivity contribution in [1.82, 2.24) is 20.2 Å². The highest BCUT2D eigenvalue weighted by atomic mass is 32.2. The number of hydrogen-bond donors (Lipinski definition) is 2. The highest BCUT2D eigenvalue weighted by molar-refractivity contribution is 7.92. The number of H-pyrrole nitrogens is 1. The first-order valence-corrected chi connectivity index (χ1v) is 13.6. The average Bonchev–Trinajstić information content (AvgIpc) is 3.37. The molecule has 0 fully saturated rings. The van der Waals surface area contributed by atoms with Crippen LogP contribution in [0, 0.1) is 0 Å². The molecule has 5 rings (SSSR count). The van der Waals surface area contributed by atoms with Crippen molar-refractivity contribution in [2.24, 2.45) is 0 Å². The van der Waals surface area contributed by atoms with Gasteiger partial charge in [-0.05, 0) is 49.2 Å². The smallest absolute Gasteiger partial charge is 0.339 e. The second kappa shape index (κ2) is 10.4. The lowest BCUT2D eigenvalue weighted by Crippen LogP contribution is -2.12. The van der Waals surface area contributed by atoms with E-state index in [1.54, 1.807) is 43.5 Å². The molecule has 2 aromatic carbocycles. The van der Waals surface area contributed by atoms with Gasteiger partial charge < -0.3 is 4.74 Å². The topological polar surface area (TPSA) is 127 Å². The summed E-state index contributed by atoms with van der Waals surface area (Å²) in [5.74, 6) is -0.492. The van der Waals surface area contributed by atoms with Gasteiger partial charge in [-0.25, -0.2) is 18.2 Å². The van der Waals surface area contributed by atoms with Crippen LogP contribution in [-0.2, 0) is 21.2 Å². The van der Waals surface area contributed by atoms with Crippen molar-refractivity contribution in [2.45, 2.75) is 25.2 Å². The number of fused-ring (bicyclic) bond motifs is 1. The fraction of sp³-hybridized carbons (Fsp3) is 0.143. The number of rotatable bonds is 8. The maximum atomic E-state index is 13.0. The molecule has 0 spiro atoms. The van der Waals surface area contributed by atoms with E-state index in [2.05, 4.69) is 31.8 Å². The van der Waals surface area contributed by atoms with Crippen LogP contribution < -0.4 is 4.72 Å². The van der Waals surface area contributed by atoms with Gasteiger partial charge in [0, 0.05) is 17.3 Å². The summed E-state index contributed by atoms with van der Waals surface area (Å²) in [5, 5.41) is 7.96. The highest BCUT2D eigenvalue weighted by Gasteiger charge is 2.22. The molecule has 0 aliphatic heterocycles. The first-order valence-electron chi connectivity index (χ1n) is 12.1. The summed E-state index contributed by atoms with van der Waals surface area (Å²) in [6, 6.07) is 19.2. The first kappa shape index (κ1) is 25.1. The number of aryl methyl sites for hydroxylation is 1. The standard InChI is InChI=1S/C28H25N5O4S/c1-3-18-7-9-20(10-8-18)26-25-23(28(34)37-4-2)16-24(30-27(25)32-31-26)19-11-13-22(14-12-19)38(35,36)33-21-6-5-15-29-17-21/h5-17,33H,3-4H2,1-2H3,(H,30,31,32). The van der Waals surface area contributed by atoms with Crippen molar-refractivity contribution in [3.63, 3.8) is 0 Å². The molecule has 0 saturated carbocycles. The van der Waals surface area contributed by atoms with Gasteiger partial charge >= 0.3 is 5.97 Å². The number of benzene rings is 2. The molecule has 0 bridgehead atoms. The number of ether oxygens (including phenoxy) is 1. The fourth-order valence-corrected chi connectivity index (χ4v) is 5.14. The van der Waals surface area contributed by atoms with E-state index in [1.807, 2.05) is 24.3 Å². The molecule has 0 aliphatic carbocycles. The number of pyridine rings is 2. The number of carbonyl (C=O) groups is 1. The summed E-state index contributed by atoms with van der Waals surface area (Å²) in [5.41, 5.74) is 4.87. The molecule has 5 aromatic rings. The van der Waals surface area contributed by atoms with Gasteiger partial charge in [-0.2, -0.15) is 5.10 Å². The number of nitrogens with one attached hydrogen (secondary N) is 2. The van der Waals surface area contributed by atoms with E-state index in [0.717, 1.165) is 12.0 Å². The summed E-state index contributed by atoms with van der Waals surface area (Å²) in [6.45, 7) is 4.05. The molecule has 3 heterocycles. The molecule has 3 aromatic heterocycles. The molecule has 0 radical (unpaired) electrons. The fourth-order valence-electron chi connectivity index (χ4n) is 4.10. The Balaban J connectivity index is 1.54. The Morgan fingerprint density at radius 3 is 2.39 bits per heavy atom.